The van der Waals surface area contributed by atoms with Gasteiger partial charge in [-0.25, -0.2) is 9.97 Å². The summed E-state index contributed by atoms with van der Waals surface area (Å²) in [5.41, 5.74) is 1.79. The molecule has 1 aromatic heterocycles. The lowest BCUT2D eigenvalue weighted by molar-refractivity contribution is -0.134. The highest BCUT2D eigenvalue weighted by Gasteiger charge is 2.36. The van der Waals surface area contributed by atoms with Crippen LogP contribution < -0.4 is 9.64 Å². The van der Waals surface area contributed by atoms with Gasteiger partial charge in [-0.05, 0) is 57.7 Å². The number of likely N-dealkylation sites (tertiary alicyclic amines) is 1. The SMILES string of the molecule is CCOc1ccc2nc(N3CCC[C@H]3C(=O)N3CCC(OC)CC3)nc(C)c2c1. The Morgan fingerprint density at radius 3 is 2.69 bits per heavy atom. The standard InChI is InChI=1S/C22H30N4O3/c1-4-29-17-7-8-19-18(14-17)15(2)23-22(24-19)26-11-5-6-20(26)21(27)25-12-9-16(28-3)10-13-25/h7-8,14,16,20H,4-6,9-13H2,1-3H3/t20-/m0/s1. The summed E-state index contributed by atoms with van der Waals surface area (Å²) in [6.45, 7) is 6.93. The van der Waals surface area contributed by atoms with Gasteiger partial charge in [-0.15, -0.1) is 0 Å². The smallest absolute Gasteiger partial charge is 0.245 e. The second-order valence-electron chi connectivity index (χ2n) is 7.83. The highest BCUT2D eigenvalue weighted by molar-refractivity contribution is 5.87. The van der Waals surface area contributed by atoms with E-state index in [4.69, 9.17) is 19.4 Å². The molecule has 0 spiro atoms. The van der Waals surface area contributed by atoms with E-state index in [1.807, 2.05) is 36.9 Å². The average Bonchev–Trinajstić information content (AvgIpc) is 3.24. The molecule has 0 unspecified atom stereocenters. The monoisotopic (exact) mass is 398 g/mol. The third-order valence-corrected chi connectivity index (χ3v) is 6.04. The summed E-state index contributed by atoms with van der Waals surface area (Å²) in [6.07, 6.45) is 3.92. The van der Waals surface area contributed by atoms with Crippen molar-refractivity contribution >= 4 is 22.8 Å². The van der Waals surface area contributed by atoms with Crippen molar-refractivity contribution in [2.45, 2.75) is 51.7 Å². The molecule has 7 heteroatoms. The maximum Gasteiger partial charge on any atom is 0.245 e. The molecule has 0 radical (unpaired) electrons. The van der Waals surface area contributed by atoms with Crippen molar-refractivity contribution in [2.24, 2.45) is 0 Å². The first kappa shape index (κ1) is 19.9. The molecule has 2 saturated heterocycles. The van der Waals surface area contributed by atoms with Gasteiger partial charge in [0.2, 0.25) is 11.9 Å². The number of aromatic nitrogens is 2. The Balaban J connectivity index is 1.56. The van der Waals surface area contributed by atoms with E-state index in [9.17, 15) is 4.79 Å². The molecule has 2 aromatic rings. The minimum absolute atomic E-state index is 0.173. The van der Waals surface area contributed by atoms with Crippen LogP contribution in [0.2, 0.25) is 0 Å². The molecule has 1 atom stereocenters. The maximum absolute atomic E-state index is 13.2. The van der Waals surface area contributed by atoms with E-state index in [2.05, 4.69) is 4.90 Å². The Bertz CT molecular complexity index is 880. The van der Waals surface area contributed by atoms with Crippen molar-refractivity contribution in [3.8, 4) is 5.75 Å². The molecule has 2 aliphatic rings. The molecule has 0 saturated carbocycles. The van der Waals surface area contributed by atoms with Gasteiger partial charge in [0.15, 0.2) is 0 Å². The van der Waals surface area contributed by atoms with Crippen molar-refractivity contribution in [2.75, 3.05) is 38.3 Å². The number of carbonyl (C=O) groups excluding carboxylic acids is 1. The molecule has 1 amide bonds. The molecule has 156 valence electrons. The summed E-state index contributed by atoms with van der Waals surface area (Å²) in [5.74, 6) is 1.68. The molecule has 0 bridgehead atoms. The number of hydrogen-bond donors (Lipinski definition) is 0. The fraction of sp³-hybridized carbons (Fsp3) is 0.591. The van der Waals surface area contributed by atoms with Gasteiger partial charge in [-0.2, -0.15) is 0 Å². The summed E-state index contributed by atoms with van der Waals surface area (Å²) < 4.78 is 11.0. The number of fused-ring (bicyclic) bond motifs is 1. The van der Waals surface area contributed by atoms with Crippen LogP contribution in [0.5, 0.6) is 5.75 Å². The summed E-state index contributed by atoms with van der Waals surface area (Å²) in [7, 11) is 1.75. The normalized spacial score (nSPS) is 20.4. The Morgan fingerprint density at radius 1 is 1.17 bits per heavy atom. The summed E-state index contributed by atoms with van der Waals surface area (Å²) in [4.78, 5) is 26.8. The molecule has 0 aliphatic carbocycles. The number of methoxy groups -OCH3 is 1. The maximum atomic E-state index is 13.2. The zero-order chi connectivity index (χ0) is 20.4. The second kappa shape index (κ2) is 8.53. The highest BCUT2D eigenvalue weighted by atomic mass is 16.5. The van der Waals surface area contributed by atoms with E-state index in [0.29, 0.717) is 12.6 Å². The second-order valence-corrected chi connectivity index (χ2v) is 7.83. The molecule has 29 heavy (non-hydrogen) atoms. The minimum Gasteiger partial charge on any atom is -0.494 e. The lowest BCUT2D eigenvalue weighted by Crippen LogP contribution is -2.49. The number of piperidine rings is 1. The average molecular weight is 399 g/mol. The quantitative estimate of drug-likeness (QED) is 0.771. The molecule has 3 heterocycles. The van der Waals surface area contributed by atoms with Crippen molar-refractivity contribution in [3.05, 3.63) is 23.9 Å². The van der Waals surface area contributed by atoms with E-state index >= 15 is 0 Å². The number of ether oxygens (including phenoxy) is 2. The molecule has 2 aliphatic heterocycles. The molecule has 7 nitrogen and oxygen atoms in total. The first-order chi connectivity index (χ1) is 14.1. The minimum atomic E-state index is -0.173. The summed E-state index contributed by atoms with van der Waals surface area (Å²) in [5, 5.41) is 0.989. The van der Waals surface area contributed by atoms with Gasteiger partial charge in [0.25, 0.3) is 0 Å². The molecule has 1 aromatic carbocycles. The number of carbonyl (C=O) groups is 1. The topological polar surface area (TPSA) is 67.8 Å². The van der Waals surface area contributed by atoms with E-state index in [-0.39, 0.29) is 18.1 Å². The number of hydrogen-bond acceptors (Lipinski definition) is 6. The Kier molecular flexibility index (Phi) is 5.85. The fourth-order valence-corrected chi connectivity index (χ4v) is 4.42. The van der Waals surface area contributed by atoms with Gasteiger partial charge in [-0.1, -0.05) is 0 Å². The first-order valence-corrected chi connectivity index (χ1v) is 10.6. The third-order valence-electron chi connectivity index (χ3n) is 6.04. The molecular formula is C22H30N4O3. The number of anilines is 1. The van der Waals surface area contributed by atoms with Crippen LogP contribution in [0.15, 0.2) is 18.2 Å². The number of rotatable bonds is 5. The van der Waals surface area contributed by atoms with Crippen LogP contribution in [-0.4, -0.2) is 66.3 Å². The van der Waals surface area contributed by atoms with Crippen LogP contribution in [0.1, 0.15) is 38.3 Å². The summed E-state index contributed by atoms with van der Waals surface area (Å²) >= 11 is 0. The number of nitrogens with zero attached hydrogens (tertiary/aromatic N) is 4. The van der Waals surface area contributed by atoms with Gasteiger partial charge in [0.1, 0.15) is 11.8 Å². The van der Waals surface area contributed by atoms with Gasteiger partial charge in [0.05, 0.1) is 23.9 Å². The number of amides is 1. The van der Waals surface area contributed by atoms with E-state index in [0.717, 1.165) is 67.7 Å². The number of benzene rings is 1. The Labute approximate surface area is 172 Å². The van der Waals surface area contributed by atoms with Crippen LogP contribution in [0.3, 0.4) is 0 Å². The van der Waals surface area contributed by atoms with Gasteiger partial charge in [0, 0.05) is 32.1 Å². The molecule has 0 N–H and O–H groups in total. The predicted molar refractivity (Wildman–Crippen MR) is 112 cm³/mol. The van der Waals surface area contributed by atoms with Crippen molar-refractivity contribution in [1.82, 2.24) is 14.9 Å². The van der Waals surface area contributed by atoms with E-state index in [1.54, 1.807) is 7.11 Å². The van der Waals surface area contributed by atoms with Crippen molar-refractivity contribution in [3.63, 3.8) is 0 Å². The van der Waals surface area contributed by atoms with E-state index < -0.39 is 0 Å². The van der Waals surface area contributed by atoms with Crippen LogP contribution in [0.25, 0.3) is 10.9 Å². The van der Waals surface area contributed by atoms with Gasteiger partial charge < -0.3 is 19.3 Å². The lowest BCUT2D eigenvalue weighted by atomic mass is 10.1. The van der Waals surface area contributed by atoms with Crippen LogP contribution in [-0.2, 0) is 9.53 Å². The lowest BCUT2D eigenvalue weighted by Gasteiger charge is -2.35. The van der Waals surface area contributed by atoms with Crippen LogP contribution >= 0.6 is 0 Å². The zero-order valence-corrected chi connectivity index (χ0v) is 17.6. The third kappa shape index (κ3) is 4.01. The fourth-order valence-electron chi connectivity index (χ4n) is 4.42. The van der Waals surface area contributed by atoms with Crippen molar-refractivity contribution < 1.29 is 14.3 Å². The molecule has 2 fully saturated rings. The molecule has 4 rings (SSSR count). The Hall–Kier alpha value is -2.41. The van der Waals surface area contributed by atoms with Crippen LogP contribution in [0.4, 0.5) is 5.95 Å². The molecular weight excluding hydrogens is 368 g/mol. The summed E-state index contributed by atoms with van der Waals surface area (Å²) in [6, 6.07) is 5.73. The van der Waals surface area contributed by atoms with Crippen molar-refractivity contribution in [1.29, 1.82) is 0 Å². The van der Waals surface area contributed by atoms with Gasteiger partial charge >= 0.3 is 0 Å². The highest BCUT2D eigenvalue weighted by Crippen LogP contribution is 2.29. The van der Waals surface area contributed by atoms with E-state index in [1.165, 1.54) is 0 Å². The Morgan fingerprint density at radius 2 is 1.97 bits per heavy atom. The number of aryl methyl sites for hydroxylation is 1. The largest absolute Gasteiger partial charge is 0.494 e. The zero-order valence-electron chi connectivity index (χ0n) is 17.6. The first-order valence-electron chi connectivity index (χ1n) is 10.6. The van der Waals surface area contributed by atoms with Gasteiger partial charge in [-0.3, -0.25) is 4.79 Å². The van der Waals surface area contributed by atoms with Crippen LogP contribution in [0, 0.1) is 6.92 Å². The predicted octanol–water partition coefficient (Wildman–Crippen LogP) is 2.94.